The van der Waals surface area contributed by atoms with Gasteiger partial charge < -0.3 is 10.0 Å². The molecule has 0 aliphatic rings. The van der Waals surface area contributed by atoms with Crippen LogP contribution < -0.4 is 0 Å². The third-order valence-corrected chi connectivity index (χ3v) is 2.64. The van der Waals surface area contributed by atoms with E-state index in [0.717, 1.165) is 12.1 Å². The first-order valence-electron chi connectivity index (χ1n) is 5.84. The molecule has 0 spiro atoms. The van der Waals surface area contributed by atoms with Crippen LogP contribution in [0.3, 0.4) is 0 Å². The van der Waals surface area contributed by atoms with Gasteiger partial charge in [-0.05, 0) is 20.9 Å². The van der Waals surface area contributed by atoms with Crippen LogP contribution in [0.25, 0.3) is 0 Å². The van der Waals surface area contributed by atoms with Gasteiger partial charge in [0.2, 0.25) is 0 Å². The molecule has 1 aromatic heterocycles. The van der Waals surface area contributed by atoms with Crippen LogP contribution in [-0.2, 0) is 11.3 Å². The standard InChI is InChI=1S/C12H21N3O2/c1-9(2)15-8-11(5-13-15)7-14(4)6-10(3)12(16)17/h5,8-10H,6-7H2,1-4H3,(H,16,17). The van der Waals surface area contributed by atoms with E-state index in [9.17, 15) is 4.79 Å². The van der Waals surface area contributed by atoms with Gasteiger partial charge in [-0.25, -0.2) is 0 Å². The van der Waals surface area contributed by atoms with Gasteiger partial charge in [0, 0.05) is 30.9 Å². The van der Waals surface area contributed by atoms with Gasteiger partial charge in [0.05, 0.1) is 12.1 Å². The van der Waals surface area contributed by atoms with E-state index in [2.05, 4.69) is 18.9 Å². The Morgan fingerprint density at radius 1 is 1.53 bits per heavy atom. The zero-order chi connectivity index (χ0) is 13.0. The van der Waals surface area contributed by atoms with Crippen molar-refractivity contribution < 1.29 is 9.90 Å². The molecule has 0 aliphatic heterocycles. The molecule has 17 heavy (non-hydrogen) atoms. The van der Waals surface area contributed by atoms with Crippen molar-refractivity contribution in [3.05, 3.63) is 18.0 Å². The van der Waals surface area contributed by atoms with E-state index in [-0.39, 0.29) is 5.92 Å². The molecule has 1 atom stereocenters. The van der Waals surface area contributed by atoms with Gasteiger partial charge in [-0.15, -0.1) is 0 Å². The number of hydrogen-bond donors (Lipinski definition) is 1. The number of carboxylic acid groups (broad SMARTS) is 1. The highest BCUT2D eigenvalue weighted by Crippen LogP contribution is 2.08. The van der Waals surface area contributed by atoms with Crippen LogP contribution in [0.5, 0.6) is 0 Å². The Morgan fingerprint density at radius 3 is 2.65 bits per heavy atom. The predicted octanol–water partition coefficient (Wildman–Crippen LogP) is 1.62. The Labute approximate surface area is 102 Å². The molecular formula is C12H21N3O2. The summed E-state index contributed by atoms with van der Waals surface area (Å²) in [4.78, 5) is 12.7. The monoisotopic (exact) mass is 239 g/mol. The molecule has 5 heteroatoms. The number of aromatic nitrogens is 2. The van der Waals surface area contributed by atoms with Gasteiger partial charge in [0.15, 0.2) is 0 Å². The average Bonchev–Trinajstić information content (AvgIpc) is 2.65. The lowest BCUT2D eigenvalue weighted by molar-refractivity contribution is -0.141. The molecule has 0 saturated heterocycles. The normalized spacial score (nSPS) is 13.3. The second-order valence-electron chi connectivity index (χ2n) is 4.86. The van der Waals surface area contributed by atoms with Crippen molar-refractivity contribution in [1.29, 1.82) is 0 Å². The van der Waals surface area contributed by atoms with Crippen LogP contribution >= 0.6 is 0 Å². The third kappa shape index (κ3) is 4.19. The van der Waals surface area contributed by atoms with Crippen molar-refractivity contribution in [2.45, 2.75) is 33.4 Å². The van der Waals surface area contributed by atoms with E-state index in [1.807, 2.05) is 29.0 Å². The fourth-order valence-corrected chi connectivity index (χ4v) is 1.66. The molecule has 0 aromatic carbocycles. The molecular weight excluding hydrogens is 218 g/mol. The van der Waals surface area contributed by atoms with E-state index < -0.39 is 5.97 Å². The molecule has 0 fully saturated rings. The van der Waals surface area contributed by atoms with Crippen LogP contribution in [0.1, 0.15) is 32.4 Å². The molecule has 0 radical (unpaired) electrons. The number of rotatable bonds is 6. The van der Waals surface area contributed by atoms with Crippen LogP contribution in [0.4, 0.5) is 0 Å². The number of hydrogen-bond acceptors (Lipinski definition) is 3. The fourth-order valence-electron chi connectivity index (χ4n) is 1.66. The first-order chi connectivity index (χ1) is 7.90. The van der Waals surface area contributed by atoms with E-state index >= 15 is 0 Å². The maximum atomic E-state index is 10.7. The molecule has 0 bridgehead atoms. The topological polar surface area (TPSA) is 58.4 Å². The van der Waals surface area contributed by atoms with Gasteiger partial charge >= 0.3 is 5.97 Å². The van der Waals surface area contributed by atoms with E-state index in [0.29, 0.717) is 12.6 Å². The van der Waals surface area contributed by atoms with Gasteiger partial charge in [-0.3, -0.25) is 9.48 Å². The molecule has 1 heterocycles. The maximum Gasteiger partial charge on any atom is 0.307 e. The number of carbonyl (C=O) groups is 1. The van der Waals surface area contributed by atoms with Gasteiger partial charge in [0.25, 0.3) is 0 Å². The molecule has 1 rings (SSSR count). The Hall–Kier alpha value is -1.36. The first kappa shape index (κ1) is 13.7. The van der Waals surface area contributed by atoms with Crippen LogP contribution in [0, 0.1) is 5.92 Å². The summed E-state index contributed by atoms with van der Waals surface area (Å²) in [6.07, 6.45) is 3.84. The molecule has 1 aromatic rings. The van der Waals surface area contributed by atoms with Crippen molar-refractivity contribution in [3.63, 3.8) is 0 Å². The highest BCUT2D eigenvalue weighted by Gasteiger charge is 2.14. The van der Waals surface area contributed by atoms with Gasteiger partial charge in [-0.2, -0.15) is 5.10 Å². The molecule has 0 saturated carbocycles. The number of nitrogens with zero attached hydrogens (tertiary/aromatic N) is 3. The van der Waals surface area contributed by atoms with Gasteiger partial charge in [0.1, 0.15) is 0 Å². The third-order valence-electron chi connectivity index (χ3n) is 2.64. The largest absolute Gasteiger partial charge is 0.481 e. The Bertz CT molecular complexity index is 374. The molecule has 1 unspecified atom stereocenters. The van der Waals surface area contributed by atoms with E-state index in [4.69, 9.17) is 5.11 Å². The fraction of sp³-hybridized carbons (Fsp3) is 0.667. The van der Waals surface area contributed by atoms with Crippen LogP contribution in [-0.4, -0.2) is 39.3 Å². The Kier molecular flexibility index (Phi) is 4.69. The van der Waals surface area contributed by atoms with Crippen molar-refractivity contribution in [3.8, 4) is 0 Å². The van der Waals surface area contributed by atoms with Crippen LogP contribution in [0.2, 0.25) is 0 Å². The summed E-state index contributed by atoms with van der Waals surface area (Å²) >= 11 is 0. The van der Waals surface area contributed by atoms with E-state index in [1.165, 1.54) is 0 Å². The van der Waals surface area contributed by atoms with Crippen LogP contribution in [0.15, 0.2) is 12.4 Å². The summed E-state index contributed by atoms with van der Waals surface area (Å²) < 4.78 is 1.91. The molecule has 5 nitrogen and oxygen atoms in total. The zero-order valence-electron chi connectivity index (χ0n) is 10.9. The second-order valence-corrected chi connectivity index (χ2v) is 4.86. The molecule has 1 N–H and O–H groups in total. The SMILES string of the molecule is CC(CN(C)Cc1cnn(C(C)C)c1)C(=O)O. The highest BCUT2D eigenvalue weighted by molar-refractivity contribution is 5.69. The Balaban J connectivity index is 2.50. The summed E-state index contributed by atoms with van der Waals surface area (Å²) in [5, 5.41) is 13.1. The summed E-state index contributed by atoms with van der Waals surface area (Å²) in [7, 11) is 1.92. The molecule has 96 valence electrons. The summed E-state index contributed by atoms with van der Waals surface area (Å²) in [6.45, 7) is 7.14. The quantitative estimate of drug-likeness (QED) is 0.819. The second kappa shape index (κ2) is 5.82. The van der Waals surface area contributed by atoms with Crippen molar-refractivity contribution in [2.75, 3.05) is 13.6 Å². The van der Waals surface area contributed by atoms with Crippen molar-refractivity contribution >= 4 is 5.97 Å². The van der Waals surface area contributed by atoms with Gasteiger partial charge in [-0.1, -0.05) is 6.92 Å². The minimum Gasteiger partial charge on any atom is -0.481 e. The minimum atomic E-state index is -0.755. The van der Waals surface area contributed by atoms with E-state index in [1.54, 1.807) is 6.92 Å². The smallest absolute Gasteiger partial charge is 0.307 e. The number of aliphatic carboxylic acids is 1. The minimum absolute atomic E-state index is 0.347. The lowest BCUT2D eigenvalue weighted by Crippen LogP contribution is -2.28. The lowest BCUT2D eigenvalue weighted by atomic mass is 10.1. The summed E-state index contributed by atoms with van der Waals surface area (Å²) in [5.74, 6) is -1.10. The number of carboxylic acids is 1. The summed E-state index contributed by atoms with van der Waals surface area (Å²) in [5.41, 5.74) is 1.11. The zero-order valence-corrected chi connectivity index (χ0v) is 10.9. The summed E-state index contributed by atoms with van der Waals surface area (Å²) in [6, 6.07) is 0.354. The molecule has 0 aliphatic carbocycles. The maximum absolute atomic E-state index is 10.7. The first-order valence-corrected chi connectivity index (χ1v) is 5.84. The average molecular weight is 239 g/mol. The van der Waals surface area contributed by atoms with Crippen molar-refractivity contribution in [1.82, 2.24) is 14.7 Å². The van der Waals surface area contributed by atoms with Crippen molar-refractivity contribution in [2.24, 2.45) is 5.92 Å². The highest BCUT2D eigenvalue weighted by atomic mass is 16.4. The molecule has 0 amide bonds. The lowest BCUT2D eigenvalue weighted by Gasteiger charge is -2.17. The Morgan fingerprint density at radius 2 is 2.18 bits per heavy atom. The predicted molar refractivity (Wildman–Crippen MR) is 65.7 cm³/mol.